The quantitative estimate of drug-likeness (QED) is 0.199. The van der Waals surface area contributed by atoms with Crippen molar-refractivity contribution in [1.29, 1.82) is 0 Å². The monoisotopic (exact) mass is 596 g/mol. The summed E-state index contributed by atoms with van der Waals surface area (Å²) in [7, 11) is 0. The van der Waals surface area contributed by atoms with Crippen molar-refractivity contribution in [2.75, 3.05) is 0 Å². The highest BCUT2D eigenvalue weighted by Crippen LogP contribution is 2.43. The second-order valence-corrected chi connectivity index (χ2v) is 13.3. The van der Waals surface area contributed by atoms with Crippen molar-refractivity contribution in [1.82, 2.24) is 9.13 Å². The summed E-state index contributed by atoms with van der Waals surface area (Å²) >= 11 is 0. The molecule has 3 aliphatic rings. The molecule has 4 heterocycles. The van der Waals surface area contributed by atoms with Crippen LogP contribution in [0.25, 0.3) is 83.1 Å². The van der Waals surface area contributed by atoms with Crippen LogP contribution < -0.4 is 0 Å². The van der Waals surface area contributed by atoms with E-state index < -0.39 is 0 Å². The lowest BCUT2D eigenvalue weighted by atomic mass is 9.95. The maximum Gasteiger partial charge on any atom is 0.137 e. The molecule has 3 aliphatic carbocycles. The fourth-order valence-corrected chi connectivity index (χ4v) is 8.76. The molecule has 0 aliphatic heterocycles. The molecule has 0 saturated carbocycles. The van der Waals surface area contributed by atoms with Gasteiger partial charge in [-0.25, -0.2) is 0 Å². The minimum atomic E-state index is 0.949. The summed E-state index contributed by atoms with van der Waals surface area (Å²) < 4.78 is 17.9. The lowest BCUT2D eigenvalue weighted by Crippen LogP contribution is -2.07. The third-order valence-electron chi connectivity index (χ3n) is 10.8. The molecule has 46 heavy (non-hydrogen) atoms. The van der Waals surface area contributed by atoms with Crippen molar-refractivity contribution in [3.8, 4) is 0 Å². The van der Waals surface area contributed by atoms with E-state index in [0.29, 0.717) is 0 Å². The van der Waals surface area contributed by atoms with Crippen LogP contribution in [0, 0.1) is 0 Å². The molecule has 0 bridgehead atoms. The summed E-state index contributed by atoms with van der Waals surface area (Å²) in [5.74, 6) is 1.19. The summed E-state index contributed by atoms with van der Waals surface area (Å²) in [5.41, 5.74) is 13.4. The minimum absolute atomic E-state index is 0.949. The van der Waals surface area contributed by atoms with E-state index in [-0.39, 0.29) is 0 Å². The number of fused-ring (bicyclic) bond motifs is 12. The summed E-state index contributed by atoms with van der Waals surface area (Å²) in [6.07, 6.45) is 18.3. The van der Waals surface area contributed by atoms with Gasteiger partial charge in [0.15, 0.2) is 0 Å². The molecule has 222 valence electrons. The maximum absolute atomic E-state index is 6.52. The van der Waals surface area contributed by atoms with E-state index in [2.05, 4.69) is 106 Å². The summed E-state index contributed by atoms with van der Waals surface area (Å²) in [6, 6.07) is 26.7. The standard InChI is InChI=1S/C42H32N2O2/c1-5-16-35-27(12-1)31-21-33-29-14-3-7-18-39(29)45-41(33)23-37(31)43(35)25-10-9-11-26(20-25)44-36-17-6-2-13-28(36)32-22-34-30-15-4-8-19-40(30)46-42(34)24-38(32)44/h1,4-6,8,10,12,15-17,19-24H,2-3,7,9,11,13-14,18H2. The molecule has 11 rings (SSSR count). The van der Waals surface area contributed by atoms with Crippen LogP contribution in [0.5, 0.6) is 0 Å². The van der Waals surface area contributed by atoms with Gasteiger partial charge >= 0.3 is 0 Å². The number of rotatable bonds is 2. The van der Waals surface area contributed by atoms with Crippen molar-refractivity contribution in [2.24, 2.45) is 0 Å². The third-order valence-corrected chi connectivity index (χ3v) is 10.8. The molecule has 4 aromatic carbocycles. The van der Waals surface area contributed by atoms with Gasteiger partial charge in [-0.15, -0.1) is 0 Å². The number of hydrogen-bond acceptors (Lipinski definition) is 2. The normalized spacial score (nSPS) is 16.6. The van der Waals surface area contributed by atoms with Crippen LogP contribution in [-0.4, -0.2) is 9.13 Å². The molecule has 0 N–H and O–H groups in total. The van der Waals surface area contributed by atoms with Crippen LogP contribution in [0.2, 0.25) is 0 Å². The second kappa shape index (κ2) is 9.17. The third kappa shape index (κ3) is 3.34. The molecule has 0 fully saturated rings. The topological polar surface area (TPSA) is 36.1 Å². The van der Waals surface area contributed by atoms with Crippen LogP contribution in [-0.2, 0) is 19.3 Å². The number of benzene rings is 4. The van der Waals surface area contributed by atoms with E-state index in [4.69, 9.17) is 8.83 Å². The average molecular weight is 597 g/mol. The number of allylic oxidation sites excluding steroid dienone is 5. The van der Waals surface area contributed by atoms with Crippen molar-refractivity contribution in [3.63, 3.8) is 0 Å². The van der Waals surface area contributed by atoms with Crippen molar-refractivity contribution in [3.05, 3.63) is 114 Å². The Balaban J connectivity index is 1.15. The van der Waals surface area contributed by atoms with Gasteiger partial charge in [0.2, 0.25) is 0 Å². The predicted octanol–water partition coefficient (Wildman–Crippen LogP) is 11.4. The molecule has 0 unspecified atom stereocenters. The maximum atomic E-state index is 6.52. The van der Waals surface area contributed by atoms with Crippen LogP contribution in [0.4, 0.5) is 0 Å². The summed E-state index contributed by atoms with van der Waals surface area (Å²) in [5, 5.41) is 7.63. The van der Waals surface area contributed by atoms with Crippen molar-refractivity contribution >= 4 is 83.1 Å². The molecule has 0 atom stereocenters. The highest BCUT2D eigenvalue weighted by molar-refractivity contribution is 6.15. The molecular formula is C42H32N2O2. The zero-order valence-electron chi connectivity index (χ0n) is 25.6. The Labute approximate surface area is 265 Å². The van der Waals surface area contributed by atoms with Gasteiger partial charge in [0, 0.05) is 73.5 Å². The van der Waals surface area contributed by atoms with Crippen LogP contribution in [0.3, 0.4) is 0 Å². The Hall–Kier alpha value is -5.22. The van der Waals surface area contributed by atoms with Gasteiger partial charge in [-0.1, -0.05) is 48.6 Å². The predicted molar refractivity (Wildman–Crippen MR) is 190 cm³/mol. The molecular weight excluding hydrogens is 564 g/mol. The zero-order valence-corrected chi connectivity index (χ0v) is 25.6. The number of nitrogens with zero attached hydrogens (tertiary/aromatic N) is 2. The molecule has 4 nitrogen and oxygen atoms in total. The Morgan fingerprint density at radius 2 is 1.35 bits per heavy atom. The van der Waals surface area contributed by atoms with E-state index in [1.807, 2.05) is 0 Å². The van der Waals surface area contributed by atoms with Crippen LogP contribution in [0.15, 0.2) is 99.9 Å². The first kappa shape index (κ1) is 25.0. The van der Waals surface area contributed by atoms with E-state index in [0.717, 1.165) is 55.3 Å². The first-order chi connectivity index (χ1) is 22.8. The van der Waals surface area contributed by atoms with E-state index in [1.165, 1.54) is 95.7 Å². The van der Waals surface area contributed by atoms with E-state index >= 15 is 0 Å². The van der Waals surface area contributed by atoms with Crippen molar-refractivity contribution in [2.45, 2.75) is 51.4 Å². The average Bonchev–Trinajstić information content (AvgIpc) is 3.83. The molecule has 4 heteroatoms. The van der Waals surface area contributed by atoms with Gasteiger partial charge in [0.1, 0.15) is 22.5 Å². The Morgan fingerprint density at radius 1 is 0.543 bits per heavy atom. The van der Waals surface area contributed by atoms with Gasteiger partial charge in [0.25, 0.3) is 0 Å². The van der Waals surface area contributed by atoms with Crippen molar-refractivity contribution < 1.29 is 8.83 Å². The van der Waals surface area contributed by atoms with Gasteiger partial charge in [0.05, 0.1) is 16.6 Å². The summed E-state index contributed by atoms with van der Waals surface area (Å²) in [6.45, 7) is 0. The minimum Gasteiger partial charge on any atom is -0.461 e. The number of hydrogen-bond donors (Lipinski definition) is 0. The van der Waals surface area contributed by atoms with E-state index in [9.17, 15) is 0 Å². The Bertz CT molecular complexity index is 2700. The largest absolute Gasteiger partial charge is 0.461 e. The van der Waals surface area contributed by atoms with E-state index in [1.54, 1.807) is 0 Å². The zero-order chi connectivity index (χ0) is 29.9. The smallest absolute Gasteiger partial charge is 0.137 e. The lowest BCUT2D eigenvalue weighted by Gasteiger charge is -2.20. The SMILES string of the molecule is C1=Cc2c(c3cc4c(cc3n2C2=CC(n3c5ccccc5c5cc6c7c(oc6cc53)CCCC7)=CCC2)oc2ccccc24)CC1. The highest BCUT2D eigenvalue weighted by Gasteiger charge is 2.25. The number of para-hydroxylation sites is 2. The van der Waals surface area contributed by atoms with Gasteiger partial charge in [-0.2, -0.15) is 0 Å². The molecule has 0 amide bonds. The molecule has 4 aromatic heterocycles. The molecule has 0 radical (unpaired) electrons. The fourth-order valence-electron chi connectivity index (χ4n) is 8.76. The van der Waals surface area contributed by atoms with Gasteiger partial charge < -0.3 is 18.0 Å². The highest BCUT2D eigenvalue weighted by atomic mass is 16.3. The van der Waals surface area contributed by atoms with Gasteiger partial charge in [-0.3, -0.25) is 0 Å². The second-order valence-electron chi connectivity index (χ2n) is 13.3. The number of furan rings is 2. The van der Waals surface area contributed by atoms with Crippen LogP contribution in [0.1, 0.15) is 54.7 Å². The number of aromatic nitrogens is 2. The first-order valence-electron chi connectivity index (χ1n) is 16.8. The number of aryl methyl sites for hydroxylation is 3. The van der Waals surface area contributed by atoms with Crippen LogP contribution >= 0.6 is 0 Å². The molecule has 8 aromatic rings. The molecule has 0 spiro atoms. The fraction of sp³-hybridized carbons (Fsp3) is 0.190. The Morgan fingerprint density at radius 3 is 2.30 bits per heavy atom. The lowest BCUT2D eigenvalue weighted by molar-refractivity contribution is 0.506. The summed E-state index contributed by atoms with van der Waals surface area (Å²) in [4.78, 5) is 0. The molecule has 0 saturated heterocycles. The van der Waals surface area contributed by atoms with Gasteiger partial charge in [-0.05, 0) is 86.9 Å². The first-order valence-corrected chi connectivity index (χ1v) is 16.8. The Kier molecular flexibility index (Phi) is 4.99.